The molecule has 1 heterocycles. The van der Waals surface area contributed by atoms with Crippen LogP contribution >= 0.6 is 11.6 Å². The molecule has 0 N–H and O–H groups in total. The number of rotatable bonds is 4. The van der Waals surface area contributed by atoms with Crippen molar-refractivity contribution in [3.63, 3.8) is 0 Å². The third kappa shape index (κ3) is 2.80. The predicted molar refractivity (Wildman–Crippen MR) is 68.5 cm³/mol. The van der Waals surface area contributed by atoms with Crippen LogP contribution in [0.5, 0.6) is 5.75 Å². The number of hydrogen-bond acceptors (Lipinski definition) is 2. The van der Waals surface area contributed by atoms with E-state index in [4.69, 9.17) is 16.3 Å². The highest BCUT2D eigenvalue weighted by atomic mass is 35.5. The summed E-state index contributed by atoms with van der Waals surface area (Å²) in [6.07, 6.45) is 2.36. The van der Waals surface area contributed by atoms with E-state index in [9.17, 15) is 5.21 Å². The second kappa shape index (κ2) is 5.23. The maximum atomic E-state index is 11.7. The van der Waals surface area contributed by atoms with Gasteiger partial charge in [-0.1, -0.05) is 0 Å². The van der Waals surface area contributed by atoms with Gasteiger partial charge in [0.1, 0.15) is 5.75 Å². The van der Waals surface area contributed by atoms with Gasteiger partial charge in [-0.05, 0) is 31.5 Å². The summed E-state index contributed by atoms with van der Waals surface area (Å²) in [6.45, 7) is 2.47. The highest BCUT2D eigenvalue weighted by molar-refractivity contribution is 6.17. The summed E-state index contributed by atoms with van der Waals surface area (Å²) in [6, 6.07) is 7.51. The first-order valence-corrected chi connectivity index (χ1v) is 6.06. The van der Waals surface area contributed by atoms with Gasteiger partial charge in [0, 0.05) is 16.8 Å². The highest BCUT2D eigenvalue weighted by Crippen LogP contribution is 2.19. The van der Waals surface area contributed by atoms with Crippen LogP contribution in [0, 0.1) is 12.1 Å². The second-order valence-electron chi connectivity index (χ2n) is 3.95. The molecule has 4 heteroatoms. The third-order valence-electron chi connectivity index (χ3n) is 2.49. The SMILES string of the molecule is Cc1cc2ccc(OCCCCl)cc2[n+]([O-])c1. The first-order chi connectivity index (χ1) is 8.20. The summed E-state index contributed by atoms with van der Waals surface area (Å²) in [5.74, 6) is 1.28. The standard InChI is InChI=1S/C13H14ClNO2/c1-10-7-11-3-4-12(17-6-2-5-14)8-13(11)15(16)9-10/h3-4,7-9H,2,5-6H2,1H3. The minimum absolute atomic E-state index is 0.569. The number of fused-ring (bicyclic) bond motifs is 1. The first kappa shape index (κ1) is 12.0. The summed E-state index contributed by atoms with van der Waals surface area (Å²) < 4.78 is 6.38. The molecule has 0 aliphatic heterocycles. The fraction of sp³-hybridized carbons (Fsp3) is 0.308. The molecule has 2 rings (SSSR count). The number of pyridine rings is 1. The van der Waals surface area contributed by atoms with Gasteiger partial charge in [0.2, 0.25) is 5.52 Å². The molecule has 2 aromatic rings. The zero-order valence-corrected chi connectivity index (χ0v) is 10.4. The molecule has 1 aromatic heterocycles. The minimum Gasteiger partial charge on any atom is -0.618 e. The monoisotopic (exact) mass is 251 g/mol. The van der Waals surface area contributed by atoms with Gasteiger partial charge in [0.15, 0.2) is 6.20 Å². The molecule has 0 atom stereocenters. The number of alkyl halides is 1. The third-order valence-corrected chi connectivity index (χ3v) is 2.76. The minimum atomic E-state index is 0.569. The summed E-state index contributed by atoms with van der Waals surface area (Å²) in [4.78, 5) is 0. The summed E-state index contributed by atoms with van der Waals surface area (Å²) in [7, 11) is 0. The van der Waals surface area contributed by atoms with Crippen LogP contribution in [0.25, 0.3) is 10.9 Å². The molecule has 0 aliphatic carbocycles. The van der Waals surface area contributed by atoms with Gasteiger partial charge in [-0.3, -0.25) is 0 Å². The normalized spacial score (nSPS) is 10.7. The van der Waals surface area contributed by atoms with Gasteiger partial charge in [-0.15, -0.1) is 11.6 Å². The van der Waals surface area contributed by atoms with Crippen molar-refractivity contribution in [1.82, 2.24) is 0 Å². The Morgan fingerprint density at radius 1 is 1.35 bits per heavy atom. The van der Waals surface area contributed by atoms with E-state index < -0.39 is 0 Å². The number of ether oxygens (including phenoxy) is 1. The molecule has 1 aromatic carbocycles. The van der Waals surface area contributed by atoms with E-state index in [0.29, 0.717) is 23.8 Å². The van der Waals surface area contributed by atoms with Crippen LogP contribution in [0.3, 0.4) is 0 Å². The molecule has 90 valence electrons. The number of nitrogens with zero attached hydrogens (tertiary/aromatic N) is 1. The van der Waals surface area contributed by atoms with Gasteiger partial charge in [0.25, 0.3) is 0 Å². The molecule has 0 aliphatic rings. The summed E-state index contributed by atoms with van der Waals surface area (Å²) in [5, 5.41) is 12.6. The lowest BCUT2D eigenvalue weighted by atomic mass is 10.1. The Hall–Kier alpha value is -1.48. The van der Waals surface area contributed by atoms with Gasteiger partial charge >= 0.3 is 0 Å². The Kier molecular flexibility index (Phi) is 3.69. The van der Waals surface area contributed by atoms with Crippen molar-refractivity contribution in [2.45, 2.75) is 13.3 Å². The maximum Gasteiger partial charge on any atom is 0.227 e. The number of halogens is 1. The molecule has 0 saturated carbocycles. The fourth-order valence-electron chi connectivity index (χ4n) is 1.71. The number of benzene rings is 1. The quantitative estimate of drug-likeness (QED) is 0.363. The smallest absolute Gasteiger partial charge is 0.227 e. The Morgan fingerprint density at radius 2 is 2.18 bits per heavy atom. The number of aryl methyl sites for hydroxylation is 1. The van der Waals surface area contributed by atoms with Crippen molar-refractivity contribution in [2.75, 3.05) is 12.5 Å². The van der Waals surface area contributed by atoms with Crippen LogP contribution in [0.4, 0.5) is 0 Å². The Labute approximate surface area is 105 Å². The van der Waals surface area contributed by atoms with E-state index in [1.54, 1.807) is 12.3 Å². The molecular formula is C13H14ClNO2. The number of hydrogen-bond donors (Lipinski definition) is 0. The lowest BCUT2D eigenvalue weighted by Gasteiger charge is -2.07. The van der Waals surface area contributed by atoms with Crippen LogP contribution in [0.15, 0.2) is 30.5 Å². The lowest BCUT2D eigenvalue weighted by molar-refractivity contribution is -0.577. The highest BCUT2D eigenvalue weighted by Gasteiger charge is 2.06. The van der Waals surface area contributed by atoms with E-state index in [1.807, 2.05) is 25.1 Å². The Bertz CT molecular complexity index is 528. The molecule has 0 bridgehead atoms. The summed E-state index contributed by atoms with van der Waals surface area (Å²) >= 11 is 5.57. The van der Waals surface area contributed by atoms with Crippen molar-refractivity contribution in [1.29, 1.82) is 0 Å². The molecular weight excluding hydrogens is 238 g/mol. The lowest BCUT2D eigenvalue weighted by Crippen LogP contribution is -2.26. The van der Waals surface area contributed by atoms with E-state index in [-0.39, 0.29) is 0 Å². The molecule has 0 radical (unpaired) electrons. The van der Waals surface area contributed by atoms with Crippen molar-refractivity contribution < 1.29 is 9.47 Å². The van der Waals surface area contributed by atoms with Crippen LogP contribution < -0.4 is 9.47 Å². The largest absolute Gasteiger partial charge is 0.618 e. The molecule has 0 spiro atoms. The van der Waals surface area contributed by atoms with Crippen LogP contribution in [-0.2, 0) is 0 Å². The topological polar surface area (TPSA) is 36.2 Å². The average Bonchev–Trinajstić information content (AvgIpc) is 2.30. The van der Waals surface area contributed by atoms with Crippen LogP contribution in [0.1, 0.15) is 12.0 Å². The van der Waals surface area contributed by atoms with Crippen LogP contribution in [0.2, 0.25) is 0 Å². The summed E-state index contributed by atoms with van der Waals surface area (Å²) in [5.41, 5.74) is 1.57. The Balaban J connectivity index is 2.30. The van der Waals surface area contributed by atoms with Crippen LogP contribution in [-0.4, -0.2) is 12.5 Å². The molecule has 0 amide bonds. The molecule has 0 fully saturated rings. The Morgan fingerprint density at radius 3 is 2.94 bits per heavy atom. The maximum absolute atomic E-state index is 11.7. The first-order valence-electron chi connectivity index (χ1n) is 5.53. The van der Waals surface area contributed by atoms with Gasteiger partial charge in [0.05, 0.1) is 12.7 Å². The average molecular weight is 252 g/mol. The van der Waals surface area contributed by atoms with Gasteiger partial charge in [-0.2, -0.15) is 4.73 Å². The van der Waals surface area contributed by atoms with Crippen molar-refractivity contribution in [3.05, 3.63) is 41.2 Å². The van der Waals surface area contributed by atoms with Crippen molar-refractivity contribution in [3.8, 4) is 5.75 Å². The zero-order chi connectivity index (χ0) is 12.3. The molecule has 17 heavy (non-hydrogen) atoms. The number of aromatic nitrogens is 1. The van der Waals surface area contributed by atoms with E-state index in [0.717, 1.165) is 22.1 Å². The predicted octanol–water partition coefficient (Wildman–Crippen LogP) is 2.79. The fourth-order valence-corrected chi connectivity index (χ4v) is 1.82. The van der Waals surface area contributed by atoms with E-state index >= 15 is 0 Å². The van der Waals surface area contributed by atoms with Gasteiger partial charge in [-0.25, -0.2) is 0 Å². The van der Waals surface area contributed by atoms with E-state index in [1.165, 1.54) is 0 Å². The van der Waals surface area contributed by atoms with Crippen molar-refractivity contribution >= 4 is 22.5 Å². The van der Waals surface area contributed by atoms with Crippen molar-refractivity contribution in [2.24, 2.45) is 0 Å². The molecule has 0 saturated heterocycles. The van der Waals surface area contributed by atoms with Gasteiger partial charge < -0.3 is 9.94 Å². The second-order valence-corrected chi connectivity index (χ2v) is 4.33. The molecule has 0 unspecified atom stereocenters. The molecule has 3 nitrogen and oxygen atoms in total. The van der Waals surface area contributed by atoms with E-state index in [2.05, 4.69) is 0 Å². The zero-order valence-electron chi connectivity index (χ0n) is 9.65.